The SMILES string of the molecule is Clc1cc(Cl)c(NCc2ncc(Cl)s2)c(Cl)c1. The van der Waals surface area contributed by atoms with Crippen molar-refractivity contribution in [3.8, 4) is 0 Å². The summed E-state index contributed by atoms with van der Waals surface area (Å²) >= 11 is 25.1. The third-order valence-corrected chi connectivity index (χ3v) is 3.88. The number of nitrogens with zero attached hydrogens (tertiary/aromatic N) is 1. The Morgan fingerprint density at radius 3 is 2.29 bits per heavy atom. The van der Waals surface area contributed by atoms with Crippen molar-refractivity contribution >= 4 is 63.4 Å². The van der Waals surface area contributed by atoms with Crippen LogP contribution in [0.4, 0.5) is 5.69 Å². The molecule has 90 valence electrons. The van der Waals surface area contributed by atoms with Crippen molar-refractivity contribution in [3.63, 3.8) is 0 Å². The van der Waals surface area contributed by atoms with Gasteiger partial charge in [-0.1, -0.05) is 46.4 Å². The van der Waals surface area contributed by atoms with Gasteiger partial charge in [-0.15, -0.1) is 11.3 Å². The number of hydrogen-bond donors (Lipinski definition) is 1. The van der Waals surface area contributed by atoms with Gasteiger partial charge in [-0.2, -0.15) is 0 Å². The second kappa shape index (κ2) is 5.63. The molecule has 0 fully saturated rings. The zero-order valence-corrected chi connectivity index (χ0v) is 12.1. The maximum Gasteiger partial charge on any atom is 0.113 e. The summed E-state index contributed by atoms with van der Waals surface area (Å²) in [5.41, 5.74) is 0.643. The first-order chi connectivity index (χ1) is 8.06. The number of halogens is 4. The Labute approximate surface area is 122 Å². The molecule has 2 rings (SSSR count). The van der Waals surface area contributed by atoms with Crippen LogP contribution in [0, 0.1) is 0 Å². The van der Waals surface area contributed by atoms with Crippen molar-refractivity contribution in [1.82, 2.24) is 4.98 Å². The van der Waals surface area contributed by atoms with Crippen LogP contribution < -0.4 is 5.32 Å². The van der Waals surface area contributed by atoms with Crippen molar-refractivity contribution < 1.29 is 0 Å². The van der Waals surface area contributed by atoms with Crippen molar-refractivity contribution in [2.24, 2.45) is 0 Å². The minimum atomic E-state index is 0.477. The Bertz CT molecular complexity index is 518. The minimum Gasteiger partial charge on any atom is -0.376 e. The summed E-state index contributed by atoms with van der Waals surface area (Å²) in [6, 6.07) is 3.26. The predicted octanol–water partition coefficient (Wildman–Crippen LogP) is 5.37. The fourth-order valence-corrected chi connectivity index (χ4v) is 3.09. The zero-order chi connectivity index (χ0) is 12.4. The van der Waals surface area contributed by atoms with E-state index in [-0.39, 0.29) is 0 Å². The lowest BCUT2D eigenvalue weighted by atomic mass is 10.3. The van der Waals surface area contributed by atoms with Crippen LogP contribution in [-0.4, -0.2) is 4.98 Å². The average Bonchev–Trinajstić information content (AvgIpc) is 2.62. The maximum absolute atomic E-state index is 6.03. The van der Waals surface area contributed by atoms with E-state index in [2.05, 4.69) is 10.3 Å². The molecule has 0 aliphatic carbocycles. The first-order valence-electron chi connectivity index (χ1n) is 4.55. The molecule has 0 unspecified atom stereocenters. The zero-order valence-electron chi connectivity index (χ0n) is 8.31. The van der Waals surface area contributed by atoms with Crippen LogP contribution in [-0.2, 0) is 6.54 Å². The lowest BCUT2D eigenvalue weighted by Gasteiger charge is -2.09. The summed E-state index contributed by atoms with van der Waals surface area (Å²) in [6.45, 7) is 0.512. The molecule has 7 heteroatoms. The number of thiazole rings is 1. The van der Waals surface area contributed by atoms with Crippen LogP contribution in [0.25, 0.3) is 0 Å². The second-order valence-corrected chi connectivity index (χ2v) is 6.15. The minimum absolute atomic E-state index is 0.477. The van der Waals surface area contributed by atoms with Gasteiger partial charge in [0, 0.05) is 5.02 Å². The Hall–Kier alpha value is -0.190. The molecule has 17 heavy (non-hydrogen) atoms. The van der Waals surface area contributed by atoms with E-state index in [0.29, 0.717) is 31.6 Å². The molecule has 0 radical (unpaired) electrons. The van der Waals surface area contributed by atoms with Gasteiger partial charge in [-0.3, -0.25) is 0 Å². The maximum atomic E-state index is 6.03. The average molecular weight is 328 g/mol. The van der Waals surface area contributed by atoms with Gasteiger partial charge in [0.1, 0.15) is 9.34 Å². The van der Waals surface area contributed by atoms with Gasteiger partial charge in [0.15, 0.2) is 0 Å². The van der Waals surface area contributed by atoms with E-state index in [0.717, 1.165) is 5.01 Å². The van der Waals surface area contributed by atoms with Gasteiger partial charge in [0.2, 0.25) is 0 Å². The highest BCUT2D eigenvalue weighted by Gasteiger charge is 2.08. The van der Waals surface area contributed by atoms with E-state index in [1.165, 1.54) is 11.3 Å². The van der Waals surface area contributed by atoms with Gasteiger partial charge >= 0.3 is 0 Å². The number of rotatable bonds is 3. The van der Waals surface area contributed by atoms with Crippen molar-refractivity contribution in [1.29, 1.82) is 0 Å². The number of hydrogen-bond acceptors (Lipinski definition) is 3. The highest BCUT2D eigenvalue weighted by molar-refractivity contribution is 7.15. The first-order valence-corrected chi connectivity index (χ1v) is 6.87. The molecule has 0 aliphatic heterocycles. The van der Waals surface area contributed by atoms with E-state index in [9.17, 15) is 0 Å². The van der Waals surface area contributed by atoms with E-state index in [4.69, 9.17) is 46.4 Å². The molecule has 1 N–H and O–H groups in total. The van der Waals surface area contributed by atoms with Crippen LogP contribution in [0.5, 0.6) is 0 Å². The summed E-state index contributed by atoms with van der Waals surface area (Å²) in [5, 5.41) is 5.42. The number of benzene rings is 1. The summed E-state index contributed by atoms with van der Waals surface area (Å²) < 4.78 is 0.648. The van der Waals surface area contributed by atoms with Gasteiger partial charge in [-0.05, 0) is 12.1 Å². The van der Waals surface area contributed by atoms with Crippen LogP contribution in [0.1, 0.15) is 5.01 Å². The number of anilines is 1. The lowest BCUT2D eigenvalue weighted by molar-refractivity contribution is 1.10. The molecule has 2 nitrogen and oxygen atoms in total. The molecular weight excluding hydrogens is 322 g/mol. The monoisotopic (exact) mass is 326 g/mol. The summed E-state index contributed by atoms with van der Waals surface area (Å²) in [6.07, 6.45) is 1.61. The van der Waals surface area contributed by atoms with Gasteiger partial charge in [-0.25, -0.2) is 4.98 Å². The first kappa shape index (κ1) is 13.2. The van der Waals surface area contributed by atoms with Crippen molar-refractivity contribution in [2.45, 2.75) is 6.54 Å². The number of aromatic nitrogens is 1. The predicted molar refractivity (Wildman–Crippen MR) is 75.9 cm³/mol. The van der Waals surface area contributed by atoms with Gasteiger partial charge in [0.25, 0.3) is 0 Å². The Balaban J connectivity index is 2.14. The molecular formula is C10H6Cl4N2S. The van der Waals surface area contributed by atoms with Gasteiger partial charge < -0.3 is 5.32 Å². The highest BCUT2D eigenvalue weighted by Crippen LogP contribution is 2.34. The van der Waals surface area contributed by atoms with Crippen LogP contribution in [0.15, 0.2) is 18.3 Å². The molecule has 0 atom stereocenters. The molecule has 0 spiro atoms. The Morgan fingerprint density at radius 1 is 1.12 bits per heavy atom. The molecule has 0 aliphatic rings. The molecule has 1 aromatic heterocycles. The normalized spacial score (nSPS) is 10.6. The molecule has 0 saturated carbocycles. The molecule has 1 aromatic carbocycles. The molecule has 2 aromatic rings. The Kier molecular flexibility index (Phi) is 4.39. The van der Waals surface area contributed by atoms with Crippen molar-refractivity contribution in [3.05, 3.63) is 42.7 Å². The Morgan fingerprint density at radius 2 is 1.76 bits per heavy atom. The largest absolute Gasteiger partial charge is 0.376 e. The van der Waals surface area contributed by atoms with Crippen LogP contribution in [0.2, 0.25) is 19.4 Å². The van der Waals surface area contributed by atoms with E-state index < -0.39 is 0 Å². The smallest absolute Gasteiger partial charge is 0.113 e. The summed E-state index contributed by atoms with van der Waals surface area (Å²) in [7, 11) is 0. The lowest BCUT2D eigenvalue weighted by Crippen LogP contribution is -2.00. The fraction of sp³-hybridized carbons (Fsp3) is 0.100. The standard InChI is InChI=1S/C10H6Cl4N2S/c11-5-1-6(12)10(7(13)2-5)16-4-9-15-3-8(14)17-9/h1-3,16H,4H2. The van der Waals surface area contributed by atoms with Crippen LogP contribution in [0.3, 0.4) is 0 Å². The third-order valence-electron chi connectivity index (χ3n) is 1.95. The molecule has 1 heterocycles. The molecule has 0 amide bonds. The number of nitrogens with one attached hydrogen (secondary N) is 1. The summed E-state index contributed by atoms with van der Waals surface area (Å²) in [4.78, 5) is 4.12. The summed E-state index contributed by atoms with van der Waals surface area (Å²) in [5.74, 6) is 0. The molecule has 0 saturated heterocycles. The van der Waals surface area contributed by atoms with Crippen LogP contribution >= 0.6 is 57.7 Å². The second-order valence-electron chi connectivity index (χ2n) is 3.16. The molecule has 0 bridgehead atoms. The third kappa shape index (κ3) is 3.39. The fourth-order valence-electron chi connectivity index (χ4n) is 1.24. The van der Waals surface area contributed by atoms with E-state index in [1.54, 1.807) is 18.3 Å². The van der Waals surface area contributed by atoms with Gasteiger partial charge in [0.05, 0.1) is 28.5 Å². The quantitative estimate of drug-likeness (QED) is 0.819. The topological polar surface area (TPSA) is 24.9 Å². The van der Waals surface area contributed by atoms with E-state index in [1.807, 2.05) is 0 Å². The van der Waals surface area contributed by atoms with Crippen molar-refractivity contribution in [2.75, 3.05) is 5.32 Å². The highest BCUT2D eigenvalue weighted by atomic mass is 35.5. The van der Waals surface area contributed by atoms with E-state index >= 15 is 0 Å².